The van der Waals surface area contributed by atoms with Crippen molar-refractivity contribution in [3.05, 3.63) is 37.4 Å². The topological polar surface area (TPSA) is 52.7 Å². The van der Waals surface area contributed by atoms with Gasteiger partial charge in [0.15, 0.2) is 0 Å². The lowest BCUT2D eigenvalue weighted by atomic mass is 10.5. The molecule has 0 saturated carbocycles. The number of carbonyl (C=O) groups is 1. The molecule has 0 amide bonds. The third-order valence-electron chi connectivity index (χ3n) is 1.67. The summed E-state index contributed by atoms with van der Waals surface area (Å²) in [5.74, 6) is -0.0319. The predicted molar refractivity (Wildman–Crippen MR) is 45.1 cm³/mol. The van der Waals surface area contributed by atoms with Gasteiger partial charge in [-0.3, -0.25) is 9.36 Å². The third-order valence-corrected chi connectivity index (χ3v) is 1.67. The molecule has 2 heterocycles. The Morgan fingerprint density at radius 1 is 1.15 bits per heavy atom. The highest BCUT2D eigenvalue weighted by Crippen LogP contribution is 1.91. The van der Waals surface area contributed by atoms with E-state index < -0.39 is 0 Å². The average molecular weight is 176 g/mol. The Morgan fingerprint density at radius 2 is 1.92 bits per heavy atom. The maximum absolute atomic E-state index is 11.4. The monoisotopic (exact) mass is 176 g/mol. The molecule has 5 nitrogen and oxygen atoms in total. The summed E-state index contributed by atoms with van der Waals surface area (Å²) < 4.78 is 3.16. The Kier molecular flexibility index (Phi) is 1.91. The molecule has 0 unspecified atom stereocenters. The molecule has 0 bridgehead atoms. The lowest BCUT2D eigenvalue weighted by molar-refractivity contribution is 0.0891. The number of nitrogens with zero attached hydrogens (tertiary/aromatic N) is 4. The second kappa shape index (κ2) is 3.22. The maximum atomic E-state index is 11.4. The van der Waals surface area contributed by atoms with Crippen molar-refractivity contribution in [2.24, 2.45) is 0 Å². The van der Waals surface area contributed by atoms with Crippen LogP contribution in [0.3, 0.4) is 0 Å². The van der Waals surface area contributed by atoms with Crippen molar-refractivity contribution in [1.82, 2.24) is 19.1 Å². The van der Waals surface area contributed by atoms with Gasteiger partial charge in [0.2, 0.25) is 0 Å². The van der Waals surface area contributed by atoms with E-state index in [1.165, 1.54) is 10.9 Å². The van der Waals surface area contributed by atoms with Crippen LogP contribution in [-0.2, 0) is 6.54 Å². The van der Waals surface area contributed by atoms with Gasteiger partial charge in [-0.15, -0.1) is 0 Å². The fraction of sp³-hybridized carbons (Fsp3) is 0.125. The first kappa shape index (κ1) is 7.72. The van der Waals surface area contributed by atoms with Crippen LogP contribution in [0.5, 0.6) is 0 Å². The van der Waals surface area contributed by atoms with E-state index >= 15 is 0 Å². The molecule has 66 valence electrons. The summed E-state index contributed by atoms with van der Waals surface area (Å²) in [7, 11) is 0. The number of imidazole rings is 2. The quantitative estimate of drug-likeness (QED) is 0.666. The zero-order chi connectivity index (χ0) is 9.10. The highest BCUT2D eigenvalue weighted by Gasteiger charge is 2.03. The molecule has 2 aromatic heterocycles. The van der Waals surface area contributed by atoms with Crippen molar-refractivity contribution in [3.8, 4) is 0 Å². The van der Waals surface area contributed by atoms with Crippen molar-refractivity contribution in [2.45, 2.75) is 6.54 Å². The van der Waals surface area contributed by atoms with Crippen LogP contribution in [-0.4, -0.2) is 25.0 Å². The lowest BCUT2D eigenvalue weighted by Crippen LogP contribution is -2.15. The Labute approximate surface area is 74.7 Å². The molecule has 2 aromatic rings. The Bertz CT molecular complexity index is 376. The molecule has 0 aliphatic rings. The van der Waals surface area contributed by atoms with Crippen LogP contribution in [0.2, 0.25) is 0 Å². The summed E-state index contributed by atoms with van der Waals surface area (Å²) in [4.78, 5) is 19.1. The van der Waals surface area contributed by atoms with Gasteiger partial charge in [0.25, 0.3) is 5.91 Å². The number of rotatable bonds is 2. The maximum Gasteiger partial charge on any atom is 0.251 e. The van der Waals surface area contributed by atoms with Gasteiger partial charge < -0.3 is 4.57 Å². The largest absolute Gasteiger partial charge is 0.328 e. The van der Waals surface area contributed by atoms with Crippen molar-refractivity contribution >= 4 is 5.91 Å². The van der Waals surface area contributed by atoms with Crippen LogP contribution >= 0.6 is 0 Å². The zero-order valence-electron chi connectivity index (χ0n) is 6.87. The molecule has 2 rings (SSSR count). The minimum atomic E-state index is -0.0319. The first-order valence-corrected chi connectivity index (χ1v) is 3.83. The molecule has 13 heavy (non-hydrogen) atoms. The molecule has 0 aliphatic carbocycles. The molecule has 5 heteroatoms. The van der Waals surface area contributed by atoms with Crippen LogP contribution < -0.4 is 0 Å². The molecule has 0 radical (unpaired) electrons. The second-order valence-electron chi connectivity index (χ2n) is 2.60. The number of hydrogen-bond acceptors (Lipinski definition) is 3. The van der Waals surface area contributed by atoms with E-state index in [9.17, 15) is 4.79 Å². The second-order valence-corrected chi connectivity index (χ2v) is 2.60. The van der Waals surface area contributed by atoms with Gasteiger partial charge in [0, 0.05) is 24.8 Å². The van der Waals surface area contributed by atoms with Gasteiger partial charge in [-0.25, -0.2) is 9.97 Å². The summed E-state index contributed by atoms with van der Waals surface area (Å²) in [5, 5.41) is 0. The molecule has 0 fully saturated rings. The van der Waals surface area contributed by atoms with Crippen LogP contribution in [0.25, 0.3) is 0 Å². The van der Waals surface area contributed by atoms with Gasteiger partial charge in [-0.1, -0.05) is 0 Å². The van der Waals surface area contributed by atoms with Crippen LogP contribution in [0.15, 0.2) is 37.4 Å². The molecule has 0 N–H and O–H groups in total. The molecular formula is C8H8N4O. The number of aromatic nitrogens is 4. The number of hydrogen-bond donors (Lipinski definition) is 0. The van der Waals surface area contributed by atoms with E-state index in [1.54, 1.807) is 35.7 Å². The van der Waals surface area contributed by atoms with Gasteiger partial charge in [-0.05, 0) is 0 Å². The average Bonchev–Trinajstić information content (AvgIpc) is 2.74. The fourth-order valence-corrected chi connectivity index (χ4v) is 1.02. The predicted octanol–water partition coefficient (Wildman–Crippen LogP) is 0.420. The van der Waals surface area contributed by atoms with Gasteiger partial charge in [0.1, 0.15) is 12.9 Å². The van der Waals surface area contributed by atoms with Crippen molar-refractivity contribution in [2.75, 3.05) is 0 Å². The Morgan fingerprint density at radius 3 is 2.54 bits per heavy atom. The smallest absolute Gasteiger partial charge is 0.251 e. The molecule has 0 spiro atoms. The molecule has 0 aromatic carbocycles. The van der Waals surface area contributed by atoms with Gasteiger partial charge >= 0.3 is 0 Å². The van der Waals surface area contributed by atoms with E-state index in [1.807, 2.05) is 0 Å². The van der Waals surface area contributed by atoms with Crippen LogP contribution in [0.4, 0.5) is 0 Å². The Hall–Kier alpha value is -1.91. The van der Waals surface area contributed by atoms with E-state index in [0.29, 0.717) is 0 Å². The lowest BCUT2D eigenvalue weighted by Gasteiger charge is -2.00. The normalized spacial score (nSPS) is 10.2. The summed E-state index contributed by atoms with van der Waals surface area (Å²) in [5.41, 5.74) is 0. The minimum absolute atomic E-state index is 0.0319. The van der Waals surface area contributed by atoms with Crippen LogP contribution in [0.1, 0.15) is 4.79 Å². The van der Waals surface area contributed by atoms with Crippen molar-refractivity contribution in [1.29, 1.82) is 0 Å². The van der Waals surface area contributed by atoms with E-state index in [-0.39, 0.29) is 12.5 Å². The molecule has 0 atom stereocenters. The summed E-state index contributed by atoms with van der Waals surface area (Å²) in [6, 6.07) is 0. The van der Waals surface area contributed by atoms with E-state index in [0.717, 1.165) is 0 Å². The van der Waals surface area contributed by atoms with Crippen LogP contribution in [0, 0.1) is 0 Å². The van der Waals surface area contributed by atoms with E-state index in [4.69, 9.17) is 0 Å². The fourth-order valence-electron chi connectivity index (χ4n) is 1.02. The third kappa shape index (κ3) is 1.64. The number of carbonyl (C=O) groups excluding carboxylic acids is 1. The minimum Gasteiger partial charge on any atom is -0.328 e. The SMILES string of the molecule is O=C(Cn1ccnc1)n1ccnc1. The summed E-state index contributed by atoms with van der Waals surface area (Å²) in [6.45, 7) is 0.288. The highest BCUT2D eigenvalue weighted by molar-refractivity contribution is 5.78. The standard InChI is InChI=1S/C8H8N4O/c13-8(12-4-2-10-7-12)5-11-3-1-9-6-11/h1-4,6-7H,5H2. The summed E-state index contributed by atoms with van der Waals surface area (Å²) >= 11 is 0. The summed E-state index contributed by atoms with van der Waals surface area (Å²) in [6.07, 6.45) is 9.68. The molecule has 0 saturated heterocycles. The first-order chi connectivity index (χ1) is 6.36. The van der Waals surface area contributed by atoms with Crippen molar-refractivity contribution < 1.29 is 4.79 Å². The Balaban J connectivity index is 2.08. The zero-order valence-corrected chi connectivity index (χ0v) is 6.87. The van der Waals surface area contributed by atoms with Gasteiger partial charge in [0.05, 0.1) is 6.33 Å². The molecule has 0 aliphatic heterocycles. The van der Waals surface area contributed by atoms with Gasteiger partial charge in [-0.2, -0.15) is 0 Å². The van der Waals surface area contributed by atoms with E-state index in [2.05, 4.69) is 9.97 Å². The first-order valence-electron chi connectivity index (χ1n) is 3.83. The molecular weight excluding hydrogens is 168 g/mol. The van der Waals surface area contributed by atoms with Crippen molar-refractivity contribution in [3.63, 3.8) is 0 Å². The highest BCUT2D eigenvalue weighted by atomic mass is 16.2.